The van der Waals surface area contributed by atoms with Gasteiger partial charge in [-0.15, -0.1) is 0 Å². The SMILES string of the molecule is COc1ccc(CCNNC(=O)[C@@]2(Cc3ccccc3N=[N+]=[N-])N=C(c3ccc(OCCCO)cc3)O[C@H]2c2cccc(OC)c2)cc1. The third kappa shape index (κ3) is 8.05. The predicted octanol–water partition coefficient (Wildman–Crippen LogP) is 5.77. The molecule has 1 aliphatic heterocycles. The molecule has 0 fully saturated rings. The maximum absolute atomic E-state index is 14.5. The van der Waals surface area contributed by atoms with Crippen molar-refractivity contribution in [3.63, 3.8) is 0 Å². The minimum absolute atomic E-state index is 0.0394. The molecule has 0 radical (unpaired) electrons. The van der Waals surface area contributed by atoms with E-state index in [0.717, 1.165) is 11.3 Å². The Labute approximate surface area is 278 Å². The van der Waals surface area contributed by atoms with Crippen molar-refractivity contribution in [2.45, 2.75) is 30.9 Å². The lowest BCUT2D eigenvalue weighted by Crippen LogP contribution is -2.54. The number of nitrogens with zero attached hydrogens (tertiary/aromatic N) is 4. The Balaban J connectivity index is 1.51. The highest BCUT2D eigenvalue weighted by molar-refractivity contribution is 6.01. The first-order valence-corrected chi connectivity index (χ1v) is 15.5. The van der Waals surface area contributed by atoms with Crippen molar-refractivity contribution in [1.29, 1.82) is 0 Å². The van der Waals surface area contributed by atoms with E-state index in [1.54, 1.807) is 38.5 Å². The van der Waals surface area contributed by atoms with Gasteiger partial charge in [0, 0.05) is 42.2 Å². The highest BCUT2D eigenvalue weighted by Gasteiger charge is 2.53. The molecule has 0 spiro atoms. The third-order valence-corrected chi connectivity index (χ3v) is 7.93. The predicted molar refractivity (Wildman–Crippen MR) is 182 cm³/mol. The zero-order valence-corrected chi connectivity index (χ0v) is 26.8. The Morgan fingerprint density at radius 2 is 1.73 bits per heavy atom. The van der Waals surface area contributed by atoms with Gasteiger partial charge in [0.25, 0.3) is 5.91 Å². The maximum atomic E-state index is 14.5. The van der Waals surface area contributed by atoms with Gasteiger partial charge in [-0.25, -0.2) is 10.4 Å². The average molecular weight is 651 g/mol. The van der Waals surface area contributed by atoms with E-state index in [4.69, 9.17) is 29.0 Å². The molecule has 0 aliphatic carbocycles. The summed E-state index contributed by atoms with van der Waals surface area (Å²) in [5, 5.41) is 13.0. The van der Waals surface area contributed by atoms with E-state index >= 15 is 0 Å². The van der Waals surface area contributed by atoms with Gasteiger partial charge in [-0.2, -0.15) is 0 Å². The number of ether oxygens (including phenoxy) is 4. The number of carbonyl (C=O) groups excluding carboxylic acids is 1. The van der Waals surface area contributed by atoms with Crippen LogP contribution in [0.5, 0.6) is 17.2 Å². The van der Waals surface area contributed by atoms with Gasteiger partial charge in [-0.3, -0.25) is 10.2 Å². The number of rotatable bonds is 16. The Morgan fingerprint density at radius 1 is 0.979 bits per heavy atom. The van der Waals surface area contributed by atoms with E-state index < -0.39 is 17.6 Å². The van der Waals surface area contributed by atoms with Crippen molar-refractivity contribution in [1.82, 2.24) is 10.9 Å². The third-order valence-electron chi connectivity index (χ3n) is 7.93. The molecule has 5 rings (SSSR count). The molecule has 4 aromatic rings. The van der Waals surface area contributed by atoms with Crippen molar-refractivity contribution in [2.24, 2.45) is 10.1 Å². The molecule has 0 unspecified atom stereocenters. The van der Waals surface area contributed by atoms with E-state index in [2.05, 4.69) is 20.9 Å². The number of aliphatic hydroxyl groups is 1. The van der Waals surface area contributed by atoms with Gasteiger partial charge in [0.15, 0.2) is 11.6 Å². The Bertz CT molecular complexity index is 1760. The van der Waals surface area contributed by atoms with Crippen LogP contribution in [0, 0.1) is 0 Å². The lowest BCUT2D eigenvalue weighted by molar-refractivity contribution is -0.130. The first kappa shape index (κ1) is 33.8. The van der Waals surface area contributed by atoms with E-state index in [1.165, 1.54) is 0 Å². The fourth-order valence-corrected chi connectivity index (χ4v) is 5.43. The lowest BCUT2D eigenvalue weighted by atomic mass is 9.81. The van der Waals surface area contributed by atoms with Crippen LogP contribution in [-0.4, -0.2) is 56.4 Å². The highest BCUT2D eigenvalue weighted by Crippen LogP contribution is 2.44. The van der Waals surface area contributed by atoms with Crippen LogP contribution in [-0.2, 0) is 22.4 Å². The smallest absolute Gasteiger partial charge is 0.266 e. The molecule has 4 aromatic carbocycles. The molecule has 0 aromatic heterocycles. The molecule has 0 saturated heterocycles. The molecular weight excluding hydrogens is 612 g/mol. The van der Waals surface area contributed by atoms with Gasteiger partial charge in [-0.1, -0.05) is 53.6 Å². The first-order chi connectivity index (χ1) is 23.5. The van der Waals surface area contributed by atoms with Gasteiger partial charge < -0.3 is 24.1 Å². The number of hydrogen-bond acceptors (Lipinski definition) is 9. The van der Waals surface area contributed by atoms with Gasteiger partial charge >= 0.3 is 0 Å². The number of carbonyl (C=O) groups is 1. The summed E-state index contributed by atoms with van der Waals surface area (Å²) in [6.45, 7) is 0.866. The summed E-state index contributed by atoms with van der Waals surface area (Å²) < 4.78 is 23.1. The number of benzene rings is 4. The van der Waals surface area contributed by atoms with Crippen LogP contribution < -0.4 is 25.1 Å². The summed E-state index contributed by atoms with van der Waals surface area (Å²) in [4.78, 5) is 22.5. The fraction of sp³-hybridized carbons (Fsp3) is 0.278. The second-order valence-corrected chi connectivity index (χ2v) is 11.0. The average Bonchev–Trinajstić information content (AvgIpc) is 3.52. The fourth-order valence-electron chi connectivity index (χ4n) is 5.43. The van der Waals surface area contributed by atoms with Crippen molar-refractivity contribution in [3.05, 3.63) is 130 Å². The largest absolute Gasteiger partial charge is 0.497 e. The molecule has 2 atom stereocenters. The highest BCUT2D eigenvalue weighted by atomic mass is 16.5. The Kier molecular flexibility index (Phi) is 11.5. The Morgan fingerprint density at radius 3 is 2.46 bits per heavy atom. The number of aliphatic hydroxyl groups excluding tert-OH is 1. The molecule has 48 heavy (non-hydrogen) atoms. The van der Waals surface area contributed by atoms with Crippen molar-refractivity contribution >= 4 is 17.5 Å². The number of hydrazine groups is 1. The normalized spacial score (nSPS) is 16.6. The van der Waals surface area contributed by atoms with Crippen LogP contribution in [0.3, 0.4) is 0 Å². The second kappa shape index (κ2) is 16.3. The number of methoxy groups -OCH3 is 2. The first-order valence-electron chi connectivity index (χ1n) is 15.5. The summed E-state index contributed by atoms with van der Waals surface area (Å²) in [6.07, 6.45) is 0.337. The molecule has 0 bridgehead atoms. The molecule has 0 saturated carbocycles. The summed E-state index contributed by atoms with van der Waals surface area (Å²) in [6, 6.07) is 29.4. The van der Waals surface area contributed by atoms with Crippen LogP contribution in [0.25, 0.3) is 10.4 Å². The van der Waals surface area contributed by atoms with E-state index in [9.17, 15) is 10.3 Å². The summed E-state index contributed by atoms with van der Waals surface area (Å²) in [5.41, 5.74) is 17.1. The molecule has 1 amide bonds. The van der Waals surface area contributed by atoms with Crippen LogP contribution in [0.1, 0.15) is 34.8 Å². The van der Waals surface area contributed by atoms with Crippen LogP contribution in [0.2, 0.25) is 0 Å². The van der Waals surface area contributed by atoms with Crippen LogP contribution >= 0.6 is 0 Å². The van der Waals surface area contributed by atoms with Crippen molar-refractivity contribution in [3.8, 4) is 17.2 Å². The standard InChI is InChI=1S/C36H38N6O6/c1-45-29-15-11-25(12-16-29)19-20-38-41-35(44)36(24-28-7-3-4-10-32(28)40-42-37)33(27-8-5-9-31(23-27)46-2)48-34(39-36)26-13-17-30(18-14-26)47-22-6-21-43/h3-5,7-18,23,33,38,43H,6,19-22,24H2,1-2H3,(H,41,44)/t33-,36-/m0/s1. The van der Waals surface area contributed by atoms with E-state index in [-0.39, 0.29) is 18.9 Å². The lowest BCUT2D eigenvalue weighted by Gasteiger charge is -2.31. The van der Waals surface area contributed by atoms with Gasteiger partial charge in [0.1, 0.15) is 17.2 Å². The summed E-state index contributed by atoms with van der Waals surface area (Å²) in [7, 11) is 3.19. The Hall–Kier alpha value is -5.55. The molecule has 1 aliphatic rings. The number of hydrogen-bond donors (Lipinski definition) is 3. The zero-order chi connectivity index (χ0) is 33.8. The molecule has 1 heterocycles. The topological polar surface area (TPSA) is 159 Å². The molecule has 12 heteroatoms. The number of azide groups is 1. The van der Waals surface area contributed by atoms with Gasteiger partial charge in [0.2, 0.25) is 5.90 Å². The van der Waals surface area contributed by atoms with Crippen LogP contribution in [0.4, 0.5) is 5.69 Å². The summed E-state index contributed by atoms with van der Waals surface area (Å²) in [5.74, 6) is 1.82. The van der Waals surface area contributed by atoms with E-state index in [0.29, 0.717) is 59.9 Å². The quantitative estimate of drug-likeness (QED) is 0.0456. The van der Waals surface area contributed by atoms with Crippen LogP contribution in [0.15, 0.2) is 107 Å². The van der Waals surface area contributed by atoms with E-state index in [1.807, 2.05) is 72.8 Å². The van der Waals surface area contributed by atoms with Gasteiger partial charge in [-0.05, 0) is 77.2 Å². The minimum Gasteiger partial charge on any atom is -0.497 e. The summed E-state index contributed by atoms with van der Waals surface area (Å²) >= 11 is 0. The van der Waals surface area contributed by atoms with Crippen molar-refractivity contribution < 1.29 is 28.8 Å². The molecule has 12 nitrogen and oxygen atoms in total. The zero-order valence-electron chi connectivity index (χ0n) is 26.8. The number of nitrogens with one attached hydrogen (secondary N) is 2. The molecule has 3 N–H and O–H groups in total. The second-order valence-electron chi connectivity index (χ2n) is 11.0. The maximum Gasteiger partial charge on any atom is 0.266 e. The van der Waals surface area contributed by atoms with Gasteiger partial charge in [0.05, 0.1) is 20.8 Å². The minimum atomic E-state index is -1.54. The number of aliphatic imine (C=N–C) groups is 1. The number of amides is 1. The monoisotopic (exact) mass is 650 g/mol. The molecule has 248 valence electrons. The van der Waals surface area contributed by atoms with Crippen molar-refractivity contribution in [2.75, 3.05) is 34.0 Å². The molecular formula is C36H38N6O6.